The Labute approximate surface area is 140 Å². The number of thiophene rings is 1. The standard InChI is InChI=1S/C19H21N3S/c1-12(2)20-18-17-14-9-6-10-15(14)23-19(17)22-16(21-18)11-13-7-4-3-5-8-13/h3-5,7-8,12H,6,9-11H2,1-2H3,(H,20,21,22). The van der Waals surface area contributed by atoms with E-state index in [1.54, 1.807) is 0 Å². The molecule has 0 amide bonds. The van der Waals surface area contributed by atoms with Crippen LogP contribution in [0.5, 0.6) is 0 Å². The molecule has 0 saturated heterocycles. The number of anilines is 1. The largest absolute Gasteiger partial charge is 0.367 e. The van der Waals surface area contributed by atoms with E-state index >= 15 is 0 Å². The fourth-order valence-electron chi connectivity index (χ4n) is 3.28. The van der Waals surface area contributed by atoms with E-state index in [0.29, 0.717) is 6.04 Å². The van der Waals surface area contributed by atoms with Gasteiger partial charge in [0.05, 0.1) is 5.39 Å². The van der Waals surface area contributed by atoms with Gasteiger partial charge in [-0.3, -0.25) is 0 Å². The van der Waals surface area contributed by atoms with Crippen molar-refractivity contribution in [2.24, 2.45) is 0 Å². The second kappa shape index (κ2) is 5.93. The Kier molecular flexibility index (Phi) is 3.77. The first-order valence-electron chi connectivity index (χ1n) is 8.32. The SMILES string of the molecule is CC(C)Nc1nc(Cc2ccccc2)nc2sc3c(c12)CCC3. The fourth-order valence-corrected chi connectivity index (χ4v) is 4.56. The zero-order valence-corrected chi connectivity index (χ0v) is 14.4. The highest BCUT2D eigenvalue weighted by molar-refractivity contribution is 7.19. The Hall–Kier alpha value is -1.94. The van der Waals surface area contributed by atoms with Crippen LogP contribution in [-0.4, -0.2) is 16.0 Å². The highest BCUT2D eigenvalue weighted by Gasteiger charge is 2.22. The fraction of sp³-hybridized carbons (Fsp3) is 0.368. The Morgan fingerprint density at radius 2 is 1.96 bits per heavy atom. The van der Waals surface area contributed by atoms with Crippen LogP contribution in [0, 0.1) is 0 Å². The molecule has 3 aromatic rings. The third-order valence-electron chi connectivity index (χ3n) is 4.24. The van der Waals surface area contributed by atoms with Crippen molar-refractivity contribution in [1.82, 2.24) is 9.97 Å². The molecule has 1 aromatic carbocycles. The molecule has 0 unspecified atom stereocenters. The molecule has 4 heteroatoms. The number of nitrogens with one attached hydrogen (secondary N) is 1. The lowest BCUT2D eigenvalue weighted by atomic mass is 10.1. The van der Waals surface area contributed by atoms with Crippen molar-refractivity contribution in [1.29, 1.82) is 0 Å². The molecule has 1 aliphatic rings. The lowest BCUT2D eigenvalue weighted by molar-refractivity contribution is 0.879. The predicted molar refractivity (Wildman–Crippen MR) is 97.4 cm³/mol. The first-order valence-corrected chi connectivity index (χ1v) is 9.14. The highest BCUT2D eigenvalue weighted by Crippen LogP contribution is 2.39. The van der Waals surface area contributed by atoms with Crippen LogP contribution in [0.15, 0.2) is 30.3 Å². The van der Waals surface area contributed by atoms with Gasteiger partial charge in [0.15, 0.2) is 0 Å². The van der Waals surface area contributed by atoms with Crippen molar-refractivity contribution < 1.29 is 0 Å². The second-order valence-electron chi connectivity index (χ2n) is 6.49. The van der Waals surface area contributed by atoms with Crippen LogP contribution in [0.2, 0.25) is 0 Å². The molecule has 0 fully saturated rings. The van der Waals surface area contributed by atoms with E-state index in [1.807, 2.05) is 17.4 Å². The zero-order chi connectivity index (χ0) is 15.8. The maximum atomic E-state index is 4.87. The topological polar surface area (TPSA) is 37.8 Å². The Morgan fingerprint density at radius 1 is 1.13 bits per heavy atom. The molecule has 3 nitrogen and oxygen atoms in total. The van der Waals surface area contributed by atoms with Crippen LogP contribution in [0.3, 0.4) is 0 Å². The van der Waals surface area contributed by atoms with E-state index in [-0.39, 0.29) is 0 Å². The molecule has 118 valence electrons. The second-order valence-corrected chi connectivity index (χ2v) is 7.57. The van der Waals surface area contributed by atoms with Crippen molar-refractivity contribution in [2.45, 2.75) is 45.6 Å². The lowest BCUT2D eigenvalue weighted by Gasteiger charge is -2.12. The quantitative estimate of drug-likeness (QED) is 0.763. The van der Waals surface area contributed by atoms with Crippen molar-refractivity contribution >= 4 is 27.4 Å². The van der Waals surface area contributed by atoms with Gasteiger partial charge in [-0.2, -0.15) is 0 Å². The van der Waals surface area contributed by atoms with Gasteiger partial charge in [0, 0.05) is 17.3 Å². The summed E-state index contributed by atoms with van der Waals surface area (Å²) < 4.78 is 0. The smallest absolute Gasteiger partial charge is 0.139 e. The number of hydrogen-bond acceptors (Lipinski definition) is 4. The van der Waals surface area contributed by atoms with Gasteiger partial charge in [0.1, 0.15) is 16.5 Å². The summed E-state index contributed by atoms with van der Waals surface area (Å²) in [5, 5.41) is 4.82. The molecule has 23 heavy (non-hydrogen) atoms. The lowest BCUT2D eigenvalue weighted by Crippen LogP contribution is -2.13. The van der Waals surface area contributed by atoms with E-state index < -0.39 is 0 Å². The molecule has 2 heterocycles. The van der Waals surface area contributed by atoms with Crippen molar-refractivity contribution in [3.63, 3.8) is 0 Å². The van der Waals surface area contributed by atoms with Gasteiger partial charge in [-0.25, -0.2) is 9.97 Å². The molecule has 1 N–H and O–H groups in total. The maximum absolute atomic E-state index is 4.87. The first-order chi connectivity index (χ1) is 11.2. The number of benzene rings is 1. The minimum absolute atomic E-state index is 0.370. The van der Waals surface area contributed by atoms with Crippen molar-refractivity contribution in [3.8, 4) is 0 Å². The van der Waals surface area contributed by atoms with Crippen LogP contribution in [0.25, 0.3) is 10.2 Å². The minimum atomic E-state index is 0.370. The van der Waals surface area contributed by atoms with Gasteiger partial charge in [-0.05, 0) is 44.2 Å². The van der Waals surface area contributed by atoms with Gasteiger partial charge in [-0.15, -0.1) is 11.3 Å². The number of nitrogens with zero attached hydrogens (tertiary/aromatic N) is 2. The molecule has 0 bridgehead atoms. The van der Waals surface area contributed by atoms with E-state index in [0.717, 1.165) is 22.9 Å². The summed E-state index contributed by atoms with van der Waals surface area (Å²) in [6, 6.07) is 10.8. The Morgan fingerprint density at radius 3 is 2.74 bits per heavy atom. The summed E-state index contributed by atoms with van der Waals surface area (Å²) >= 11 is 1.86. The molecule has 1 aliphatic carbocycles. The number of fused-ring (bicyclic) bond motifs is 3. The molecule has 0 aliphatic heterocycles. The van der Waals surface area contributed by atoms with Crippen LogP contribution in [0.1, 0.15) is 42.1 Å². The van der Waals surface area contributed by atoms with Crippen LogP contribution in [0.4, 0.5) is 5.82 Å². The normalized spacial score (nSPS) is 13.7. The molecule has 0 radical (unpaired) electrons. The van der Waals surface area contributed by atoms with Gasteiger partial charge < -0.3 is 5.32 Å². The number of aryl methyl sites for hydroxylation is 2. The number of aromatic nitrogens is 2. The van der Waals surface area contributed by atoms with Crippen LogP contribution >= 0.6 is 11.3 Å². The third-order valence-corrected chi connectivity index (χ3v) is 5.43. The molecular formula is C19H21N3S. The molecule has 0 spiro atoms. The van der Waals surface area contributed by atoms with Crippen LogP contribution in [-0.2, 0) is 19.3 Å². The Balaban J connectivity index is 1.80. The average Bonchev–Trinajstić information content (AvgIpc) is 3.07. The molecule has 2 aromatic heterocycles. The maximum Gasteiger partial charge on any atom is 0.139 e. The van der Waals surface area contributed by atoms with Gasteiger partial charge in [-0.1, -0.05) is 30.3 Å². The first kappa shape index (κ1) is 14.6. The van der Waals surface area contributed by atoms with E-state index in [2.05, 4.69) is 43.4 Å². The number of rotatable bonds is 4. The summed E-state index contributed by atoms with van der Waals surface area (Å²) in [6.07, 6.45) is 4.42. The van der Waals surface area contributed by atoms with E-state index in [9.17, 15) is 0 Å². The molecular weight excluding hydrogens is 302 g/mol. The summed E-state index contributed by atoms with van der Waals surface area (Å²) in [6.45, 7) is 4.33. The van der Waals surface area contributed by atoms with Gasteiger partial charge >= 0.3 is 0 Å². The molecule has 0 atom stereocenters. The number of hydrogen-bond donors (Lipinski definition) is 1. The summed E-state index contributed by atoms with van der Waals surface area (Å²) in [5.41, 5.74) is 2.74. The third kappa shape index (κ3) is 2.83. The molecule has 4 rings (SSSR count). The highest BCUT2D eigenvalue weighted by atomic mass is 32.1. The minimum Gasteiger partial charge on any atom is -0.367 e. The summed E-state index contributed by atoms with van der Waals surface area (Å²) in [5.74, 6) is 1.93. The monoisotopic (exact) mass is 323 g/mol. The average molecular weight is 323 g/mol. The van der Waals surface area contributed by atoms with E-state index in [4.69, 9.17) is 9.97 Å². The van der Waals surface area contributed by atoms with Gasteiger partial charge in [0.25, 0.3) is 0 Å². The van der Waals surface area contributed by atoms with Crippen molar-refractivity contribution in [2.75, 3.05) is 5.32 Å². The predicted octanol–water partition coefficient (Wildman–Crippen LogP) is 4.59. The van der Waals surface area contributed by atoms with Crippen LogP contribution < -0.4 is 5.32 Å². The zero-order valence-electron chi connectivity index (χ0n) is 13.6. The Bertz CT molecular complexity index is 837. The summed E-state index contributed by atoms with van der Waals surface area (Å²) in [7, 11) is 0. The van der Waals surface area contributed by atoms with Crippen molar-refractivity contribution in [3.05, 3.63) is 52.2 Å². The van der Waals surface area contributed by atoms with E-state index in [1.165, 1.54) is 40.7 Å². The summed E-state index contributed by atoms with van der Waals surface area (Å²) in [4.78, 5) is 12.4. The van der Waals surface area contributed by atoms with Gasteiger partial charge in [0.2, 0.25) is 0 Å². The molecule has 0 saturated carbocycles.